The van der Waals surface area contributed by atoms with Crippen LogP contribution in [-0.2, 0) is 19.9 Å². The molecule has 0 heterocycles. The number of carbonyl (C=O) groups is 2. The highest BCUT2D eigenvalue weighted by Gasteiger charge is 2.47. The van der Waals surface area contributed by atoms with Crippen LogP contribution >= 0.6 is 22.6 Å². The number of hydrogen-bond acceptors (Lipinski definition) is 4. The summed E-state index contributed by atoms with van der Waals surface area (Å²) in [5, 5.41) is 2.67. The summed E-state index contributed by atoms with van der Waals surface area (Å²) in [6.45, 7) is 0. The van der Waals surface area contributed by atoms with Gasteiger partial charge in [0.25, 0.3) is 5.60 Å². The highest BCUT2D eigenvalue weighted by molar-refractivity contribution is 14.1. The van der Waals surface area contributed by atoms with E-state index in [0.717, 1.165) is 3.57 Å². The van der Waals surface area contributed by atoms with Crippen LogP contribution < -0.4 is 5.32 Å². The fraction of sp³-hybridized carbons (Fsp3) is 0.0909. The van der Waals surface area contributed by atoms with Crippen LogP contribution in [-0.4, -0.2) is 19.2 Å². The fourth-order valence-corrected chi connectivity index (χ4v) is 3.23. The first kappa shape index (κ1) is 19.9. The largest absolute Gasteiger partial charge is 0.466 e. The lowest BCUT2D eigenvalue weighted by molar-refractivity contribution is -0.158. The Morgan fingerprint density at radius 3 is 1.79 bits per heavy atom. The molecule has 5 nitrogen and oxygen atoms in total. The third-order valence-corrected chi connectivity index (χ3v) is 4.89. The van der Waals surface area contributed by atoms with E-state index in [-0.39, 0.29) is 0 Å². The number of nitrogens with one attached hydrogen (secondary N) is 1. The summed E-state index contributed by atoms with van der Waals surface area (Å²) in [5.41, 5.74) is -0.188. The maximum Gasteiger partial charge on any atom is 0.413 e. The predicted octanol–water partition coefficient (Wildman–Crippen LogP) is 4.96. The topological polar surface area (TPSA) is 64.6 Å². The number of ether oxygens (including phenoxy) is 2. The molecule has 0 radical (unpaired) electrons. The molecule has 1 N–H and O–H groups in total. The van der Waals surface area contributed by atoms with Gasteiger partial charge in [0.05, 0.1) is 7.11 Å². The monoisotopic (exact) mass is 487 g/mol. The van der Waals surface area contributed by atoms with Gasteiger partial charge in [-0.05, 0) is 46.9 Å². The summed E-state index contributed by atoms with van der Waals surface area (Å²) in [4.78, 5) is 25.7. The number of esters is 1. The van der Waals surface area contributed by atoms with Gasteiger partial charge in [0.15, 0.2) is 0 Å². The molecule has 0 saturated heterocycles. The number of anilines is 1. The summed E-state index contributed by atoms with van der Waals surface area (Å²) in [7, 11) is 1.27. The molecule has 0 aliphatic carbocycles. The quantitative estimate of drug-likeness (QED) is 0.409. The SMILES string of the molecule is COC(=O)C(OC(=O)Nc1ccc(I)cc1)(c1ccccc1)c1ccccc1. The van der Waals surface area contributed by atoms with Gasteiger partial charge in [-0.15, -0.1) is 0 Å². The van der Waals surface area contributed by atoms with Crippen molar-refractivity contribution in [3.63, 3.8) is 0 Å². The molecule has 1 amide bonds. The first-order valence-electron chi connectivity index (χ1n) is 8.51. The van der Waals surface area contributed by atoms with E-state index in [1.165, 1.54) is 7.11 Å². The Bertz CT molecular complexity index is 904. The lowest BCUT2D eigenvalue weighted by Crippen LogP contribution is -2.43. The van der Waals surface area contributed by atoms with Crippen molar-refractivity contribution in [3.8, 4) is 0 Å². The van der Waals surface area contributed by atoms with Gasteiger partial charge in [-0.25, -0.2) is 9.59 Å². The van der Waals surface area contributed by atoms with Crippen molar-refractivity contribution in [2.24, 2.45) is 0 Å². The van der Waals surface area contributed by atoms with E-state index < -0.39 is 17.7 Å². The Morgan fingerprint density at radius 1 is 0.821 bits per heavy atom. The highest BCUT2D eigenvalue weighted by Crippen LogP contribution is 2.35. The zero-order valence-electron chi connectivity index (χ0n) is 15.1. The van der Waals surface area contributed by atoms with Crippen LogP contribution in [0.3, 0.4) is 0 Å². The van der Waals surface area contributed by atoms with E-state index >= 15 is 0 Å². The third-order valence-electron chi connectivity index (χ3n) is 4.17. The van der Waals surface area contributed by atoms with E-state index in [4.69, 9.17) is 9.47 Å². The summed E-state index contributed by atoms with van der Waals surface area (Å²) in [6.07, 6.45) is -0.765. The van der Waals surface area contributed by atoms with Crippen molar-refractivity contribution in [2.75, 3.05) is 12.4 Å². The fourth-order valence-electron chi connectivity index (χ4n) is 2.87. The molecule has 0 spiro atoms. The molecule has 0 aliphatic heterocycles. The molecule has 3 aromatic carbocycles. The molecule has 0 unspecified atom stereocenters. The predicted molar refractivity (Wildman–Crippen MR) is 115 cm³/mol. The molecular weight excluding hydrogens is 469 g/mol. The van der Waals surface area contributed by atoms with Crippen molar-refractivity contribution in [1.82, 2.24) is 0 Å². The van der Waals surface area contributed by atoms with E-state index in [2.05, 4.69) is 27.9 Å². The second-order valence-electron chi connectivity index (χ2n) is 5.93. The molecule has 0 atom stereocenters. The molecule has 6 heteroatoms. The van der Waals surface area contributed by atoms with Crippen molar-refractivity contribution in [1.29, 1.82) is 0 Å². The van der Waals surface area contributed by atoms with E-state index in [1.807, 2.05) is 24.3 Å². The molecule has 3 rings (SSSR count). The molecule has 0 fully saturated rings. The third kappa shape index (κ3) is 4.17. The van der Waals surface area contributed by atoms with Gasteiger partial charge < -0.3 is 9.47 Å². The Labute approximate surface area is 176 Å². The second kappa shape index (κ2) is 8.88. The van der Waals surface area contributed by atoms with E-state index in [1.54, 1.807) is 60.7 Å². The highest BCUT2D eigenvalue weighted by atomic mass is 127. The van der Waals surface area contributed by atoms with E-state index in [9.17, 15) is 9.59 Å². The van der Waals surface area contributed by atoms with Crippen LogP contribution in [0.4, 0.5) is 10.5 Å². The van der Waals surface area contributed by atoms with Crippen molar-refractivity contribution < 1.29 is 19.1 Å². The Morgan fingerprint density at radius 2 is 1.32 bits per heavy atom. The molecule has 0 aliphatic rings. The second-order valence-corrected chi connectivity index (χ2v) is 7.17. The van der Waals surface area contributed by atoms with Crippen LogP contribution in [0.2, 0.25) is 0 Å². The average molecular weight is 487 g/mol. The lowest BCUT2D eigenvalue weighted by Gasteiger charge is -2.31. The molecule has 0 saturated carbocycles. The van der Waals surface area contributed by atoms with Gasteiger partial charge in [0, 0.05) is 20.4 Å². The zero-order chi connectivity index (χ0) is 20.0. The van der Waals surface area contributed by atoms with Crippen LogP contribution in [0.5, 0.6) is 0 Å². The van der Waals surface area contributed by atoms with Crippen LogP contribution in [0.1, 0.15) is 11.1 Å². The Balaban J connectivity index is 2.03. The molecule has 0 bridgehead atoms. The number of amides is 1. The smallest absolute Gasteiger partial charge is 0.413 e. The van der Waals surface area contributed by atoms with Gasteiger partial charge in [-0.1, -0.05) is 60.7 Å². The van der Waals surface area contributed by atoms with Crippen LogP contribution in [0.15, 0.2) is 84.9 Å². The van der Waals surface area contributed by atoms with Crippen LogP contribution in [0.25, 0.3) is 0 Å². The molecular formula is C22H18INO4. The minimum Gasteiger partial charge on any atom is -0.466 e. The van der Waals surface area contributed by atoms with Gasteiger partial charge >= 0.3 is 12.1 Å². The first-order valence-corrected chi connectivity index (χ1v) is 9.59. The Hall–Kier alpha value is -2.87. The Kier molecular flexibility index (Phi) is 6.30. The maximum atomic E-state index is 12.9. The van der Waals surface area contributed by atoms with Crippen molar-refractivity contribution in [3.05, 3.63) is 99.6 Å². The number of benzene rings is 3. The van der Waals surface area contributed by atoms with Crippen molar-refractivity contribution >= 4 is 40.3 Å². The first-order chi connectivity index (χ1) is 13.6. The summed E-state index contributed by atoms with van der Waals surface area (Å²) in [6, 6.07) is 24.9. The number of carbonyl (C=O) groups excluding carboxylic acids is 2. The van der Waals surface area contributed by atoms with Gasteiger partial charge in [0.1, 0.15) is 0 Å². The minimum atomic E-state index is -1.73. The molecule has 142 valence electrons. The molecule has 28 heavy (non-hydrogen) atoms. The van der Waals surface area contributed by atoms with Crippen molar-refractivity contribution in [2.45, 2.75) is 5.60 Å². The minimum absolute atomic E-state index is 0.491. The maximum absolute atomic E-state index is 12.9. The van der Waals surface area contributed by atoms with Gasteiger partial charge in [0.2, 0.25) is 0 Å². The number of hydrogen-bond donors (Lipinski definition) is 1. The molecule has 3 aromatic rings. The summed E-state index contributed by atoms with van der Waals surface area (Å²) >= 11 is 2.18. The summed E-state index contributed by atoms with van der Waals surface area (Å²) < 4.78 is 11.9. The summed E-state index contributed by atoms with van der Waals surface area (Å²) in [5.74, 6) is -0.692. The number of methoxy groups -OCH3 is 1. The average Bonchev–Trinajstić information content (AvgIpc) is 2.74. The van der Waals surface area contributed by atoms with Crippen LogP contribution in [0, 0.1) is 3.57 Å². The number of rotatable bonds is 5. The lowest BCUT2D eigenvalue weighted by atomic mass is 9.86. The number of halogens is 1. The zero-order valence-corrected chi connectivity index (χ0v) is 17.3. The van der Waals surface area contributed by atoms with E-state index in [0.29, 0.717) is 16.8 Å². The molecule has 0 aromatic heterocycles. The van der Waals surface area contributed by atoms with Gasteiger partial charge in [-0.2, -0.15) is 0 Å². The van der Waals surface area contributed by atoms with Gasteiger partial charge in [-0.3, -0.25) is 5.32 Å². The normalized spacial score (nSPS) is 10.8. The standard InChI is InChI=1S/C22H18INO4/c1-27-20(25)22(16-8-4-2-5-9-16,17-10-6-3-7-11-17)28-21(26)24-19-14-12-18(23)13-15-19/h2-15H,1H3,(H,24,26).